The van der Waals surface area contributed by atoms with E-state index in [0.29, 0.717) is 17.6 Å². The van der Waals surface area contributed by atoms with Crippen LogP contribution in [-0.2, 0) is 14.0 Å². The van der Waals surface area contributed by atoms with E-state index in [0.717, 1.165) is 32.0 Å². The zero-order valence-corrected chi connectivity index (χ0v) is 35.0. The van der Waals surface area contributed by atoms with Crippen LogP contribution in [0.3, 0.4) is 0 Å². The van der Waals surface area contributed by atoms with Gasteiger partial charge in [-0.2, -0.15) is 0 Å². The number of hydrogen-bond acceptors (Lipinski definition) is 8. The second-order valence-electron chi connectivity index (χ2n) is 16.6. The molecule has 4 atom stereocenters. The van der Waals surface area contributed by atoms with Gasteiger partial charge in [0.05, 0.1) is 41.8 Å². The zero-order chi connectivity index (χ0) is 42.6. The smallest absolute Gasteiger partial charge is 0.271 e. The van der Waals surface area contributed by atoms with Crippen LogP contribution in [0.25, 0.3) is 11.6 Å². The van der Waals surface area contributed by atoms with Gasteiger partial charge in [0.25, 0.3) is 14.0 Å². The molecule has 11 heteroatoms. The van der Waals surface area contributed by atoms with Gasteiger partial charge in [0.2, 0.25) is 11.8 Å². The lowest BCUT2D eigenvalue weighted by Crippen LogP contribution is -2.66. The van der Waals surface area contributed by atoms with Gasteiger partial charge < -0.3 is 19.7 Å². The molecule has 1 aliphatic carbocycles. The number of hydrogen-bond donors (Lipinski definition) is 3. The molecule has 5 aromatic rings. The topological polar surface area (TPSA) is 150 Å². The molecule has 10 nitrogen and oxygen atoms in total. The quantitative estimate of drug-likeness (QED) is 0.0258. The largest absolute Gasteiger partial charge is 0.508 e. The number of rotatable bonds is 14. The summed E-state index contributed by atoms with van der Waals surface area (Å²) in [6, 6.07) is 42.4. The van der Waals surface area contributed by atoms with Crippen molar-refractivity contribution in [3.8, 4) is 5.75 Å². The summed E-state index contributed by atoms with van der Waals surface area (Å²) < 4.78 is 7.40. The lowest BCUT2D eigenvalue weighted by Gasteiger charge is -2.44. The third kappa shape index (κ3) is 8.26. The Morgan fingerprint density at radius 3 is 2.03 bits per heavy atom. The van der Waals surface area contributed by atoms with Gasteiger partial charge in [-0.05, 0) is 80.7 Å². The van der Waals surface area contributed by atoms with E-state index in [1.807, 2.05) is 84.9 Å². The summed E-state index contributed by atoms with van der Waals surface area (Å²) >= 11 is 0. The highest BCUT2D eigenvalue weighted by Gasteiger charge is 2.56. The molecule has 1 fully saturated rings. The van der Waals surface area contributed by atoms with Crippen LogP contribution in [0, 0.1) is 27.9 Å². The zero-order valence-electron chi connectivity index (χ0n) is 34.0. The fourth-order valence-electron chi connectivity index (χ4n) is 9.22. The maximum Gasteiger partial charge on any atom is 0.271 e. The predicted octanol–water partition coefficient (Wildman–Crippen LogP) is 7.67. The van der Waals surface area contributed by atoms with E-state index in [9.17, 15) is 35.0 Å². The van der Waals surface area contributed by atoms with Gasteiger partial charge in [-0.15, -0.1) is 0 Å². The average Bonchev–Trinajstić information content (AvgIpc) is 3.51. The van der Waals surface area contributed by atoms with Gasteiger partial charge in [-0.1, -0.05) is 136 Å². The number of imide groups is 1. The van der Waals surface area contributed by atoms with Crippen LogP contribution >= 0.6 is 0 Å². The molecule has 0 radical (unpaired) electrons. The molecule has 2 aliphatic rings. The highest BCUT2D eigenvalue weighted by atomic mass is 28.4. The molecule has 1 aliphatic heterocycles. The molecule has 0 bridgehead atoms. The monoisotopic (exact) mass is 822 g/mol. The Bertz CT molecular complexity index is 2360. The summed E-state index contributed by atoms with van der Waals surface area (Å²) in [6.07, 6.45) is 1.61. The first kappa shape index (κ1) is 42.2. The number of nitrogens with zero attached hydrogens (tertiary/aromatic N) is 2. The molecule has 0 unspecified atom stereocenters. The van der Waals surface area contributed by atoms with Crippen molar-refractivity contribution in [1.82, 2.24) is 0 Å². The molecule has 2 amide bonds. The molecule has 60 heavy (non-hydrogen) atoms. The van der Waals surface area contributed by atoms with E-state index in [1.54, 1.807) is 12.1 Å². The summed E-state index contributed by atoms with van der Waals surface area (Å²) in [6.45, 7) is 6.01. The summed E-state index contributed by atoms with van der Waals surface area (Å²) in [5.74, 6) is -3.76. The minimum Gasteiger partial charge on any atom is -0.508 e. The van der Waals surface area contributed by atoms with Crippen molar-refractivity contribution in [3.63, 3.8) is 0 Å². The predicted molar refractivity (Wildman–Crippen MR) is 236 cm³/mol. The van der Waals surface area contributed by atoms with Gasteiger partial charge in [0.1, 0.15) is 5.75 Å². The van der Waals surface area contributed by atoms with Crippen LogP contribution in [0.1, 0.15) is 51.2 Å². The van der Waals surface area contributed by atoms with Crippen LogP contribution in [0.5, 0.6) is 5.75 Å². The number of allylic oxidation sites excluding steroid dienone is 1. The first-order valence-corrected chi connectivity index (χ1v) is 22.2. The molecule has 1 saturated heterocycles. The Morgan fingerprint density at radius 2 is 1.47 bits per heavy atom. The number of phenols is 1. The van der Waals surface area contributed by atoms with Crippen LogP contribution in [0.15, 0.2) is 151 Å². The normalized spacial score (nSPS) is 19.1. The van der Waals surface area contributed by atoms with Gasteiger partial charge in [0, 0.05) is 18.1 Å². The lowest BCUT2D eigenvalue weighted by atomic mass is 9.68. The number of carbonyl (C=O) groups excluding carboxylic acids is 2. The number of amides is 2. The van der Waals surface area contributed by atoms with Crippen LogP contribution in [0.4, 0.5) is 11.4 Å². The highest BCUT2D eigenvalue weighted by Crippen LogP contribution is 2.48. The second-order valence-corrected chi connectivity index (χ2v) is 20.9. The third-order valence-electron chi connectivity index (χ3n) is 12.0. The van der Waals surface area contributed by atoms with E-state index in [1.165, 1.54) is 24.3 Å². The molecule has 5 aromatic carbocycles. The number of phenolic OH excluding ortho intramolecular Hbond substituents is 1. The average molecular weight is 823 g/mol. The Hall–Kier alpha value is -5.98. The summed E-state index contributed by atoms with van der Waals surface area (Å²) in [5.41, 5.74) is 3.72. The molecular weight excluding hydrogens is 773 g/mol. The standard InChI is InChI=1S/C49H50N2O8Si/c1-49(2,3)60(40-18-9-5-10-19-40,41-20-11-6-12-21-41)59-32-36-29-42-46(48(56)50(47(42)55)37-16-13-17-38(30-37)51(57)58)43(31-52)45(36)44(54)27-24-35(34-14-7-4-8-15-34)28-33-22-25-39(53)26-23-33/h4-23,25-26,28,30,42-44,46,52-54H,24,27,29,31-32H2,1-3H3/b35-28-/t42-,43+,44-,46-/m1/s1. The SMILES string of the molecule is CC(C)(C)[Si](OCC1=C([C@H](O)CC/C(=C/c2ccc(O)cc2)c2ccccc2)[C@H](CO)[C@@H]2C(=O)N(c3cccc([N+](=O)[O-])c3)C(=O)[C@@H]2C1)(c1ccccc1)c1ccccc1. The first-order chi connectivity index (χ1) is 28.8. The number of aromatic hydroxyl groups is 1. The Kier molecular flexibility index (Phi) is 12.4. The van der Waals surface area contributed by atoms with Crippen LogP contribution in [0.2, 0.25) is 5.04 Å². The Balaban J connectivity index is 1.32. The van der Waals surface area contributed by atoms with Crippen molar-refractivity contribution >= 4 is 53.5 Å². The minimum absolute atomic E-state index is 0.0343. The fraction of sp³-hybridized carbons (Fsp3) is 0.265. The molecule has 1 heterocycles. The lowest BCUT2D eigenvalue weighted by molar-refractivity contribution is -0.384. The van der Waals surface area contributed by atoms with Crippen molar-refractivity contribution in [2.45, 2.75) is 51.2 Å². The maximum absolute atomic E-state index is 14.4. The molecule has 3 N–H and O–H groups in total. The summed E-state index contributed by atoms with van der Waals surface area (Å²) in [7, 11) is -3.14. The van der Waals surface area contributed by atoms with Crippen molar-refractivity contribution in [2.75, 3.05) is 18.1 Å². The number of carbonyl (C=O) groups is 2. The Labute approximate surface area is 351 Å². The molecule has 0 saturated carbocycles. The van der Waals surface area contributed by atoms with Crippen molar-refractivity contribution in [2.24, 2.45) is 17.8 Å². The first-order valence-electron chi connectivity index (χ1n) is 20.3. The number of non-ortho nitro benzene ring substituents is 1. The molecular formula is C49H50N2O8Si. The number of fused-ring (bicyclic) bond motifs is 1. The van der Waals surface area contributed by atoms with Crippen molar-refractivity contribution < 1.29 is 34.3 Å². The molecule has 0 aromatic heterocycles. The minimum atomic E-state index is -3.14. The van der Waals surface area contributed by atoms with Crippen LogP contribution < -0.4 is 15.3 Å². The summed E-state index contributed by atoms with van der Waals surface area (Å²) in [5, 5.41) is 47.1. The second kappa shape index (κ2) is 17.7. The van der Waals surface area contributed by atoms with Crippen molar-refractivity contribution in [3.05, 3.63) is 172 Å². The van der Waals surface area contributed by atoms with E-state index < -0.39 is 55.5 Å². The molecule has 7 rings (SSSR count). The van der Waals surface area contributed by atoms with Crippen molar-refractivity contribution in [1.29, 1.82) is 0 Å². The van der Waals surface area contributed by atoms with Crippen LogP contribution in [-0.4, -0.2) is 59.7 Å². The van der Waals surface area contributed by atoms with Gasteiger partial charge in [-0.25, -0.2) is 4.90 Å². The highest BCUT2D eigenvalue weighted by molar-refractivity contribution is 6.99. The maximum atomic E-state index is 14.4. The number of nitro benzene ring substituents is 1. The number of benzene rings is 5. The van der Waals surface area contributed by atoms with E-state index in [-0.39, 0.29) is 41.6 Å². The van der Waals surface area contributed by atoms with E-state index >= 15 is 0 Å². The van der Waals surface area contributed by atoms with Gasteiger partial charge in [-0.3, -0.25) is 19.7 Å². The third-order valence-corrected chi connectivity index (χ3v) is 17.0. The fourth-order valence-corrected chi connectivity index (χ4v) is 13.8. The summed E-state index contributed by atoms with van der Waals surface area (Å²) in [4.78, 5) is 41.0. The molecule has 308 valence electrons. The molecule has 0 spiro atoms. The van der Waals surface area contributed by atoms with E-state index in [4.69, 9.17) is 4.43 Å². The number of anilines is 1. The van der Waals surface area contributed by atoms with Gasteiger partial charge >= 0.3 is 0 Å². The number of aliphatic hydroxyl groups is 2. The number of nitro groups is 1. The van der Waals surface area contributed by atoms with Gasteiger partial charge in [0.15, 0.2) is 0 Å². The van der Waals surface area contributed by atoms with E-state index in [2.05, 4.69) is 45.0 Å². The number of aliphatic hydroxyl groups excluding tert-OH is 2. The Morgan fingerprint density at radius 1 is 0.867 bits per heavy atom.